The minimum absolute atomic E-state index is 0.0695. The molecule has 0 saturated carbocycles. The monoisotopic (exact) mass is 283 g/mol. The van der Waals surface area contributed by atoms with Crippen molar-refractivity contribution in [3.8, 4) is 0 Å². The second kappa shape index (κ2) is 5.74. The van der Waals surface area contributed by atoms with Crippen molar-refractivity contribution in [2.75, 3.05) is 7.05 Å². The van der Waals surface area contributed by atoms with Crippen molar-refractivity contribution < 1.29 is 0 Å². The van der Waals surface area contributed by atoms with Crippen LogP contribution < -0.4 is 5.32 Å². The predicted octanol–water partition coefficient (Wildman–Crippen LogP) is 3.52. The molecule has 0 spiro atoms. The molecule has 96 valence electrons. The van der Waals surface area contributed by atoms with E-state index in [2.05, 4.69) is 17.3 Å². The molecule has 0 aliphatic carbocycles. The van der Waals surface area contributed by atoms with E-state index >= 15 is 0 Å². The molecule has 0 fully saturated rings. The Balaban J connectivity index is 2.35. The van der Waals surface area contributed by atoms with Crippen molar-refractivity contribution in [1.29, 1.82) is 0 Å². The summed E-state index contributed by atoms with van der Waals surface area (Å²) in [6.07, 6.45) is 3.90. The maximum absolute atomic E-state index is 6.05. The normalized spacial score (nSPS) is 12.7. The maximum Gasteiger partial charge on any atom is 0.0606 e. The summed E-state index contributed by atoms with van der Waals surface area (Å²) in [5, 5.41) is 8.69. The van der Waals surface area contributed by atoms with Gasteiger partial charge < -0.3 is 5.32 Å². The largest absolute Gasteiger partial charge is 0.309 e. The molecule has 1 atom stereocenters. The zero-order valence-electron chi connectivity index (χ0n) is 10.3. The van der Waals surface area contributed by atoms with Gasteiger partial charge in [-0.05, 0) is 31.7 Å². The molecule has 2 aromatic rings. The molecule has 1 N–H and O–H groups in total. The van der Waals surface area contributed by atoms with Crippen LogP contribution in [0.5, 0.6) is 0 Å². The van der Waals surface area contributed by atoms with Gasteiger partial charge in [-0.15, -0.1) is 0 Å². The summed E-state index contributed by atoms with van der Waals surface area (Å²) in [5.74, 6) is 0. The maximum atomic E-state index is 6.05. The van der Waals surface area contributed by atoms with E-state index in [1.54, 1.807) is 0 Å². The van der Waals surface area contributed by atoms with Crippen molar-refractivity contribution in [3.05, 3.63) is 51.8 Å². The molecule has 1 aromatic carbocycles. The molecular formula is C13H15Cl2N3. The zero-order chi connectivity index (χ0) is 13.1. The van der Waals surface area contributed by atoms with E-state index in [4.69, 9.17) is 23.2 Å². The highest BCUT2D eigenvalue weighted by molar-refractivity contribution is 6.42. The first-order valence-corrected chi connectivity index (χ1v) is 6.56. The lowest BCUT2D eigenvalue weighted by molar-refractivity contribution is 0.653. The summed E-state index contributed by atoms with van der Waals surface area (Å²) < 4.78 is 1.90. The van der Waals surface area contributed by atoms with Crippen LogP contribution in [0.2, 0.25) is 10.0 Å². The zero-order valence-corrected chi connectivity index (χ0v) is 11.8. The molecule has 1 aromatic heterocycles. The van der Waals surface area contributed by atoms with Crippen molar-refractivity contribution >= 4 is 23.2 Å². The van der Waals surface area contributed by atoms with E-state index in [1.807, 2.05) is 42.3 Å². The Labute approximate surface area is 117 Å². The molecule has 1 unspecified atom stereocenters. The Morgan fingerprint density at radius 3 is 2.61 bits per heavy atom. The average molecular weight is 284 g/mol. The van der Waals surface area contributed by atoms with E-state index in [0.717, 1.165) is 17.7 Å². The fourth-order valence-electron chi connectivity index (χ4n) is 1.92. The van der Waals surface area contributed by atoms with Crippen LogP contribution in [0.4, 0.5) is 0 Å². The molecule has 18 heavy (non-hydrogen) atoms. The Kier molecular flexibility index (Phi) is 4.27. The van der Waals surface area contributed by atoms with Crippen LogP contribution in [0.1, 0.15) is 24.1 Å². The van der Waals surface area contributed by atoms with Gasteiger partial charge >= 0.3 is 0 Å². The number of nitrogens with zero attached hydrogens (tertiary/aromatic N) is 2. The van der Waals surface area contributed by atoms with Gasteiger partial charge in [0, 0.05) is 18.3 Å². The number of halogens is 2. The second-order valence-corrected chi connectivity index (χ2v) is 4.84. The number of benzene rings is 1. The number of hydrogen-bond acceptors (Lipinski definition) is 2. The molecule has 0 aliphatic rings. The molecule has 5 heteroatoms. The third kappa shape index (κ3) is 2.69. The highest BCUT2D eigenvalue weighted by Crippen LogP contribution is 2.28. The molecule has 0 saturated heterocycles. The quantitative estimate of drug-likeness (QED) is 0.931. The van der Waals surface area contributed by atoms with Crippen LogP contribution in [-0.4, -0.2) is 16.8 Å². The van der Waals surface area contributed by atoms with E-state index in [1.165, 1.54) is 0 Å². The van der Waals surface area contributed by atoms with Gasteiger partial charge in [-0.1, -0.05) is 29.3 Å². The predicted molar refractivity (Wildman–Crippen MR) is 75.3 cm³/mol. The molecular weight excluding hydrogens is 269 g/mol. The van der Waals surface area contributed by atoms with E-state index in [-0.39, 0.29) is 6.04 Å². The summed E-state index contributed by atoms with van der Waals surface area (Å²) in [7, 11) is 1.91. The Morgan fingerprint density at radius 2 is 2.06 bits per heavy atom. The van der Waals surface area contributed by atoms with Crippen LogP contribution in [-0.2, 0) is 6.54 Å². The number of hydrogen-bond donors (Lipinski definition) is 1. The van der Waals surface area contributed by atoms with Gasteiger partial charge in [0.05, 0.1) is 22.3 Å². The van der Waals surface area contributed by atoms with Crippen LogP contribution >= 0.6 is 23.2 Å². The molecule has 1 heterocycles. The second-order valence-electron chi connectivity index (χ2n) is 4.02. The van der Waals surface area contributed by atoms with Gasteiger partial charge in [0.1, 0.15) is 0 Å². The highest BCUT2D eigenvalue weighted by Gasteiger charge is 2.14. The Bertz CT molecular complexity index is 537. The molecule has 0 aliphatic heterocycles. The van der Waals surface area contributed by atoms with Gasteiger partial charge in [0.2, 0.25) is 0 Å². The number of nitrogens with one attached hydrogen (secondary N) is 1. The molecule has 2 rings (SSSR count). The van der Waals surface area contributed by atoms with Crippen molar-refractivity contribution in [1.82, 2.24) is 15.1 Å². The SMILES string of the molecule is CCn1cc(C(NC)c2ccc(Cl)c(Cl)c2)cn1. The van der Waals surface area contributed by atoms with E-state index in [0.29, 0.717) is 10.0 Å². The summed E-state index contributed by atoms with van der Waals surface area (Å²) >= 11 is 12.0. The third-order valence-electron chi connectivity index (χ3n) is 2.88. The van der Waals surface area contributed by atoms with Crippen molar-refractivity contribution in [2.24, 2.45) is 0 Å². The smallest absolute Gasteiger partial charge is 0.0606 e. The first kappa shape index (κ1) is 13.4. The summed E-state index contributed by atoms with van der Waals surface area (Å²) in [5.41, 5.74) is 2.18. The first-order chi connectivity index (χ1) is 8.65. The summed E-state index contributed by atoms with van der Waals surface area (Å²) in [6, 6.07) is 5.74. The standard InChI is InChI=1S/C13H15Cl2N3/c1-3-18-8-10(7-17-18)13(16-2)9-4-5-11(14)12(15)6-9/h4-8,13,16H,3H2,1-2H3. The van der Waals surface area contributed by atoms with Gasteiger partial charge in [0.25, 0.3) is 0 Å². The molecule has 0 amide bonds. The lowest BCUT2D eigenvalue weighted by Gasteiger charge is -2.15. The molecule has 0 bridgehead atoms. The lowest BCUT2D eigenvalue weighted by atomic mass is 10.0. The van der Waals surface area contributed by atoms with Crippen LogP contribution in [0, 0.1) is 0 Å². The van der Waals surface area contributed by atoms with Gasteiger partial charge in [-0.25, -0.2) is 0 Å². The third-order valence-corrected chi connectivity index (χ3v) is 3.62. The minimum Gasteiger partial charge on any atom is -0.309 e. The number of aryl methyl sites for hydroxylation is 1. The van der Waals surface area contributed by atoms with Crippen molar-refractivity contribution in [3.63, 3.8) is 0 Å². The fraction of sp³-hybridized carbons (Fsp3) is 0.308. The van der Waals surface area contributed by atoms with Crippen LogP contribution in [0.3, 0.4) is 0 Å². The van der Waals surface area contributed by atoms with E-state index in [9.17, 15) is 0 Å². The van der Waals surface area contributed by atoms with Gasteiger partial charge in [-0.3, -0.25) is 4.68 Å². The van der Waals surface area contributed by atoms with Gasteiger partial charge in [-0.2, -0.15) is 5.10 Å². The average Bonchev–Trinajstić information content (AvgIpc) is 2.83. The Morgan fingerprint density at radius 1 is 1.28 bits per heavy atom. The Hall–Kier alpha value is -1.03. The van der Waals surface area contributed by atoms with Crippen LogP contribution in [0.25, 0.3) is 0 Å². The lowest BCUT2D eigenvalue weighted by Crippen LogP contribution is -2.17. The summed E-state index contributed by atoms with van der Waals surface area (Å²) in [4.78, 5) is 0. The number of aromatic nitrogens is 2. The topological polar surface area (TPSA) is 29.9 Å². The summed E-state index contributed by atoms with van der Waals surface area (Å²) in [6.45, 7) is 2.92. The van der Waals surface area contributed by atoms with Crippen LogP contribution in [0.15, 0.2) is 30.6 Å². The molecule has 0 radical (unpaired) electrons. The fourth-order valence-corrected chi connectivity index (χ4v) is 2.23. The molecule has 3 nitrogen and oxygen atoms in total. The number of rotatable bonds is 4. The minimum atomic E-state index is 0.0695. The van der Waals surface area contributed by atoms with Crippen molar-refractivity contribution in [2.45, 2.75) is 19.5 Å². The highest BCUT2D eigenvalue weighted by atomic mass is 35.5. The first-order valence-electron chi connectivity index (χ1n) is 5.80. The van der Waals surface area contributed by atoms with Gasteiger partial charge in [0.15, 0.2) is 0 Å². The van der Waals surface area contributed by atoms with E-state index < -0.39 is 0 Å².